The molecule has 0 radical (unpaired) electrons. The molecule has 3 aromatic rings. The number of aliphatic hydroxyl groups excluding tert-OH is 1. The van der Waals surface area contributed by atoms with Gasteiger partial charge in [-0.1, -0.05) is 24.6 Å². The molecule has 7 heteroatoms. The lowest BCUT2D eigenvalue weighted by atomic mass is 9.97. The Labute approximate surface area is 192 Å². The molecule has 0 fully saturated rings. The van der Waals surface area contributed by atoms with Crippen molar-refractivity contribution in [1.29, 1.82) is 0 Å². The molecule has 1 amide bonds. The highest BCUT2D eigenvalue weighted by molar-refractivity contribution is 5.99. The lowest BCUT2D eigenvalue weighted by Gasteiger charge is -2.25. The van der Waals surface area contributed by atoms with E-state index in [9.17, 15) is 14.7 Å². The molecule has 0 saturated carbocycles. The number of benzene rings is 2. The fourth-order valence-corrected chi connectivity index (χ4v) is 4.25. The molecule has 1 atom stereocenters. The van der Waals surface area contributed by atoms with E-state index < -0.39 is 6.04 Å². The number of nitrogens with zero attached hydrogens (tertiary/aromatic N) is 1. The van der Waals surface area contributed by atoms with E-state index in [-0.39, 0.29) is 30.2 Å². The first-order valence-electron chi connectivity index (χ1n) is 11.4. The minimum Gasteiger partial charge on any atom is -0.490 e. The Morgan fingerprint density at radius 2 is 1.88 bits per heavy atom. The first-order chi connectivity index (χ1) is 16.0. The van der Waals surface area contributed by atoms with Crippen molar-refractivity contribution in [3.05, 3.63) is 69.1 Å². The number of rotatable bonds is 9. The number of aryl methyl sites for hydroxylation is 1. The monoisotopic (exact) mass is 451 g/mol. The summed E-state index contributed by atoms with van der Waals surface area (Å²) < 4.78 is 17.6. The maximum atomic E-state index is 13.6. The van der Waals surface area contributed by atoms with Crippen LogP contribution < -0.4 is 14.9 Å². The van der Waals surface area contributed by atoms with Crippen LogP contribution in [0.25, 0.3) is 11.0 Å². The van der Waals surface area contributed by atoms with Crippen molar-refractivity contribution in [2.45, 2.75) is 39.7 Å². The zero-order valence-corrected chi connectivity index (χ0v) is 19.2. The molecule has 0 aliphatic carbocycles. The predicted octanol–water partition coefficient (Wildman–Crippen LogP) is 4.22. The Balaban J connectivity index is 1.90. The summed E-state index contributed by atoms with van der Waals surface area (Å²) in [4.78, 5) is 28.5. The molecule has 1 aliphatic rings. The molecule has 7 nitrogen and oxygen atoms in total. The maximum Gasteiger partial charge on any atom is 0.290 e. The lowest BCUT2D eigenvalue weighted by molar-refractivity contribution is 0.0716. The van der Waals surface area contributed by atoms with Crippen LogP contribution in [0.3, 0.4) is 0 Å². The van der Waals surface area contributed by atoms with Crippen molar-refractivity contribution in [3.63, 3.8) is 0 Å². The summed E-state index contributed by atoms with van der Waals surface area (Å²) in [5.74, 6) is 0.887. The van der Waals surface area contributed by atoms with Crippen LogP contribution in [0.4, 0.5) is 0 Å². The van der Waals surface area contributed by atoms with E-state index in [0.717, 1.165) is 17.5 Å². The summed E-state index contributed by atoms with van der Waals surface area (Å²) in [5.41, 5.74) is 2.15. The molecular weight excluding hydrogens is 422 g/mol. The summed E-state index contributed by atoms with van der Waals surface area (Å²) in [6.45, 7) is 7.06. The highest BCUT2D eigenvalue weighted by atomic mass is 16.5. The minimum atomic E-state index is -0.639. The Morgan fingerprint density at radius 3 is 2.61 bits per heavy atom. The Kier molecular flexibility index (Phi) is 6.70. The molecule has 4 rings (SSSR count). The van der Waals surface area contributed by atoms with Crippen molar-refractivity contribution in [1.82, 2.24) is 4.90 Å². The smallest absolute Gasteiger partial charge is 0.290 e. The van der Waals surface area contributed by atoms with E-state index in [0.29, 0.717) is 47.7 Å². The van der Waals surface area contributed by atoms with Gasteiger partial charge < -0.3 is 23.9 Å². The highest BCUT2D eigenvalue weighted by Crippen LogP contribution is 2.41. The maximum absolute atomic E-state index is 13.6. The fourth-order valence-electron chi connectivity index (χ4n) is 4.25. The van der Waals surface area contributed by atoms with Crippen LogP contribution in [0, 0.1) is 6.92 Å². The number of fused-ring (bicyclic) bond motifs is 2. The summed E-state index contributed by atoms with van der Waals surface area (Å²) in [5, 5.41) is 9.85. The quantitative estimate of drug-likeness (QED) is 0.524. The first-order valence-corrected chi connectivity index (χ1v) is 11.4. The molecule has 2 aromatic carbocycles. The number of hydrogen-bond donors (Lipinski definition) is 1. The second-order valence-corrected chi connectivity index (χ2v) is 8.14. The van der Waals surface area contributed by atoms with E-state index in [4.69, 9.17) is 13.9 Å². The van der Waals surface area contributed by atoms with Crippen LogP contribution in [0.5, 0.6) is 11.5 Å². The molecule has 1 aromatic heterocycles. The normalized spacial score (nSPS) is 15.2. The second-order valence-electron chi connectivity index (χ2n) is 8.14. The average molecular weight is 452 g/mol. The van der Waals surface area contributed by atoms with Crippen molar-refractivity contribution in [2.24, 2.45) is 0 Å². The first kappa shape index (κ1) is 22.9. The van der Waals surface area contributed by atoms with Crippen LogP contribution in [0.2, 0.25) is 0 Å². The van der Waals surface area contributed by atoms with E-state index >= 15 is 0 Å². The second kappa shape index (κ2) is 9.67. The summed E-state index contributed by atoms with van der Waals surface area (Å²) >= 11 is 0. The van der Waals surface area contributed by atoms with Gasteiger partial charge in [-0.2, -0.15) is 0 Å². The number of amides is 1. The number of carbonyl (C=O) groups is 1. The minimum absolute atomic E-state index is 0.0589. The highest BCUT2D eigenvalue weighted by Gasteiger charge is 2.42. The Morgan fingerprint density at radius 1 is 1.06 bits per heavy atom. The molecular formula is C26H29NO6. The van der Waals surface area contributed by atoms with E-state index in [1.165, 1.54) is 0 Å². The summed E-state index contributed by atoms with van der Waals surface area (Å²) in [6, 6.07) is 10.2. The molecule has 0 unspecified atom stereocenters. The van der Waals surface area contributed by atoms with Gasteiger partial charge in [0, 0.05) is 13.2 Å². The molecule has 33 heavy (non-hydrogen) atoms. The van der Waals surface area contributed by atoms with Gasteiger partial charge >= 0.3 is 0 Å². The molecule has 1 N–H and O–H groups in total. The third-order valence-corrected chi connectivity index (χ3v) is 5.72. The van der Waals surface area contributed by atoms with Gasteiger partial charge in [-0.15, -0.1) is 0 Å². The van der Waals surface area contributed by atoms with Gasteiger partial charge in [-0.05, 0) is 56.5 Å². The van der Waals surface area contributed by atoms with E-state index in [2.05, 4.69) is 0 Å². The zero-order chi connectivity index (χ0) is 23.5. The molecule has 0 bridgehead atoms. The van der Waals surface area contributed by atoms with Gasteiger partial charge in [-0.3, -0.25) is 9.59 Å². The SMILES string of the molecule is CCCOc1ccc([C@@H]2c3c(oc4ccc(C)cc4c3=O)C(=O)N2CCCO)cc1OCC. The fraction of sp³-hybridized carbons (Fsp3) is 0.385. The molecule has 0 saturated heterocycles. The van der Waals surface area contributed by atoms with Crippen molar-refractivity contribution in [2.75, 3.05) is 26.4 Å². The van der Waals surface area contributed by atoms with Gasteiger partial charge in [-0.25, -0.2) is 0 Å². The summed E-state index contributed by atoms with van der Waals surface area (Å²) in [7, 11) is 0. The molecule has 2 heterocycles. The standard InChI is InChI=1S/C26H29NO6/c1-4-13-32-20-10-8-17(15-21(20)31-5-2)23-22-24(29)18-14-16(3)7-9-19(18)33-25(22)26(30)27(23)11-6-12-28/h7-10,14-15,23,28H,4-6,11-13H2,1-3H3/t23-/m1/s1. The van der Waals surface area contributed by atoms with Gasteiger partial charge in [0.2, 0.25) is 5.76 Å². The van der Waals surface area contributed by atoms with Gasteiger partial charge in [0.1, 0.15) is 5.58 Å². The van der Waals surface area contributed by atoms with Crippen LogP contribution in [-0.4, -0.2) is 42.3 Å². The number of aliphatic hydroxyl groups is 1. The average Bonchev–Trinajstić information content (AvgIpc) is 3.09. The third kappa shape index (κ3) is 4.20. The van der Waals surface area contributed by atoms with Gasteiger partial charge in [0.25, 0.3) is 5.91 Å². The number of ether oxygens (including phenoxy) is 2. The van der Waals surface area contributed by atoms with Crippen LogP contribution in [-0.2, 0) is 0 Å². The van der Waals surface area contributed by atoms with E-state index in [1.54, 1.807) is 17.0 Å². The van der Waals surface area contributed by atoms with E-state index in [1.807, 2.05) is 45.0 Å². The van der Waals surface area contributed by atoms with Gasteiger partial charge in [0.05, 0.1) is 30.2 Å². The van der Waals surface area contributed by atoms with Crippen molar-refractivity contribution in [3.8, 4) is 11.5 Å². The van der Waals surface area contributed by atoms with Crippen molar-refractivity contribution < 1.29 is 23.8 Å². The largest absolute Gasteiger partial charge is 0.490 e. The lowest BCUT2D eigenvalue weighted by Crippen LogP contribution is -2.31. The zero-order valence-electron chi connectivity index (χ0n) is 19.2. The topological polar surface area (TPSA) is 89.2 Å². The summed E-state index contributed by atoms with van der Waals surface area (Å²) in [6.07, 6.45) is 1.25. The Bertz CT molecular complexity index is 1230. The van der Waals surface area contributed by atoms with Crippen LogP contribution in [0.15, 0.2) is 45.6 Å². The number of carbonyl (C=O) groups excluding carboxylic acids is 1. The Hall–Kier alpha value is -3.32. The van der Waals surface area contributed by atoms with Crippen molar-refractivity contribution >= 4 is 16.9 Å². The van der Waals surface area contributed by atoms with Crippen LogP contribution >= 0.6 is 0 Å². The molecule has 0 spiro atoms. The molecule has 174 valence electrons. The van der Waals surface area contributed by atoms with Gasteiger partial charge in [0.15, 0.2) is 16.9 Å². The predicted molar refractivity (Wildman–Crippen MR) is 125 cm³/mol. The number of hydrogen-bond acceptors (Lipinski definition) is 6. The molecule has 1 aliphatic heterocycles. The third-order valence-electron chi connectivity index (χ3n) is 5.72. The van der Waals surface area contributed by atoms with Crippen LogP contribution in [0.1, 0.15) is 60.0 Å².